The van der Waals surface area contributed by atoms with E-state index in [1.165, 1.54) is 11.1 Å². The third-order valence-electron chi connectivity index (χ3n) is 3.59. The van der Waals surface area contributed by atoms with Gasteiger partial charge in [-0.3, -0.25) is 0 Å². The highest BCUT2D eigenvalue weighted by Crippen LogP contribution is 2.14. The van der Waals surface area contributed by atoms with Crippen LogP contribution in [0.3, 0.4) is 0 Å². The van der Waals surface area contributed by atoms with Crippen LogP contribution in [0.15, 0.2) is 30.3 Å². The third kappa shape index (κ3) is 5.02. The molecule has 2 rings (SSSR count). The highest BCUT2D eigenvalue weighted by molar-refractivity contribution is 5.48. The zero-order chi connectivity index (χ0) is 15.9. The van der Waals surface area contributed by atoms with Crippen molar-refractivity contribution < 1.29 is 0 Å². The monoisotopic (exact) mass is 298 g/mol. The first kappa shape index (κ1) is 16.3. The average Bonchev–Trinajstić information content (AvgIpc) is 2.45. The summed E-state index contributed by atoms with van der Waals surface area (Å²) in [5.74, 6) is 3.22. The molecule has 0 saturated heterocycles. The predicted molar refractivity (Wildman–Crippen MR) is 93.2 cm³/mol. The molecule has 0 aliphatic carbocycles. The Morgan fingerprint density at radius 3 is 2.36 bits per heavy atom. The van der Waals surface area contributed by atoms with Crippen molar-refractivity contribution in [1.82, 2.24) is 9.97 Å². The quantitative estimate of drug-likeness (QED) is 0.805. The van der Waals surface area contributed by atoms with Gasteiger partial charge in [-0.1, -0.05) is 38.1 Å². The van der Waals surface area contributed by atoms with Gasteiger partial charge in [-0.05, 0) is 37.3 Å². The summed E-state index contributed by atoms with van der Waals surface area (Å²) in [7, 11) is 0. The summed E-state index contributed by atoms with van der Waals surface area (Å²) in [6.45, 7) is 10.2. The van der Waals surface area contributed by atoms with Crippen LogP contribution in [-0.4, -0.2) is 16.5 Å². The molecule has 0 bridgehead atoms. The van der Waals surface area contributed by atoms with Crippen LogP contribution >= 0.6 is 0 Å². The maximum Gasteiger partial charge on any atom is 0.132 e. The molecule has 1 aromatic heterocycles. The first-order chi connectivity index (χ1) is 10.5. The van der Waals surface area contributed by atoms with Crippen LogP contribution < -0.4 is 10.6 Å². The van der Waals surface area contributed by atoms with Crippen LogP contribution in [0.5, 0.6) is 0 Å². The van der Waals surface area contributed by atoms with Crippen molar-refractivity contribution in [3.63, 3.8) is 0 Å². The van der Waals surface area contributed by atoms with Gasteiger partial charge in [-0.2, -0.15) is 0 Å². The molecule has 0 aliphatic rings. The lowest BCUT2D eigenvalue weighted by atomic mass is 10.1. The SMILES string of the molecule is Cc1nc(NCCC(C)C)cc(NCc2ccccc2C)n1. The van der Waals surface area contributed by atoms with E-state index in [1.54, 1.807) is 0 Å². The van der Waals surface area contributed by atoms with Crippen molar-refractivity contribution >= 4 is 11.6 Å². The minimum Gasteiger partial charge on any atom is -0.370 e. The van der Waals surface area contributed by atoms with E-state index < -0.39 is 0 Å². The number of nitrogens with one attached hydrogen (secondary N) is 2. The van der Waals surface area contributed by atoms with Gasteiger partial charge in [0.1, 0.15) is 17.5 Å². The number of benzene rings is 1. The molecule has 0 aliphatic heterocycles. The molecule has 4 heteroatoms. The Hall–Kier alpha value is -2.10. The topological polar surface area (TPSA) is 49.8 Å². The number of nitrogens with zero attached hydrogens (tertiary/aromatic N) is 2. The smallest absolute Gasteiger partial charge is 0.132 e. The van der Waals surface area contributed by atoms with Crippen LogP contribution in [0.2, 0.25) is 0 Å². The van der Waals surface area contributed by atoms with E-state index in [9.17, 15) is 0 Å². The van der Waals surface area contributed by atoms with E-state index in [0.29, 0.717) is 5.92 Å². The zero-order valence-electron chi connectivity index (χ0n) is 14.0. The zero-order valence-corrected chi connectivity index (χ0v) is 14.0. The fourth-order valence-corrected chi connectivity index (χ4v) is 2.23. The van der Waals surface area contributed by atoms with Crippen LogP contribution in [0, 0.1) is 19.8 Å². The summed E-state index contributed by atoms with van der Waals surface area (Å²) in [5, 5.41) is 6.77. The Kier molecular flexibility index (Phi) is 5.75. The molecule has 0 spiro atoms. The van der Waals surface area contributed by atoms with Crippen molar-refractivity contribution in [3.8, 4) is 0 Å². The van der Waals surface area contributed by atoms with Gasteiger partial charge in [-0.15, -0.1) is 0 Å². The molecular formula is C18H26N4. The number of anilines is 2. The molecule has 0 atom stereocenters. The molecule has 2 N–H and O–H groups in total. The minimum atomic E-state index is 0.689. The molecule has 4 nitrogen and oxygen atoms in total. The van der Waals surface area contributed by atoms with Crippen LogP contribution in [0.4, 0.5) is 11.6 Å². The van der Waals surface area contributed by atoms with Crippen LogP contribution in [0.1, 0.15) is 37.2 Å². The Morgan fingerprint density at radius 2 is 1.68 bits per heavy atom. The van der Waals surface area contributed by atoms with E-state index in [-0.39, 0.29) is 0 Å². The molecule has 22 heavy (non-hydrogen) atoms. The van der Waals surface area contributed by atoms with Crippen LogP contribution in [0.25, 0.3) is 0 Å². The molecule has 2 aromatic rings. The van der Waals surface area contributed by atoms with Gasteiger partial charge in [0, 0.05) is 19.2 Å². The summed E-state index contributed by atoms with van der Waals surface area (Å²) < 4.78 is 0. The van der Waals surface area contributed by atoms with E-state index >= 15 is 0 Å². The summed E-state index contributed by atoms with van der Waals surface area (Å²) in [5.41, 5.74) is 2.57. The molecule has 1 aromatic carbocycles. The van der Waals surface area contributed by atoms with E-state index in [4.69, 9.17) is 0 Å². The lowest BCUT2D eigenvalue weighted by molar-refractivity contribution is 0.606. The van der Waals surface area contributed by atoms with Crippen molar-refractivity contribution in [1.29, 1.82) is 0 Å². The first-order valence-electron chi connectivity index (χ1n) is 7.92. The standard InChI is InChI=1S/C18H26N4/c1-13(2)9-10-19-17-11-18(22-15(4)21-17)20-12-16-8-6-5-7-14(16)3/h5-8,11,13H,9-10,12H2,1-4H3,(H2,19,20,21,22). The fraction of sp³-hybridized carbons (Fsp3) is 0.444. The van der Waals surface area contributed by atoms with Crippen LogP contribution in [-0.2, 0) is 6.54 Å². The fourth-order valence-electron chi connectivity index (χ4n) is 2.23. The van der Waals surface area contributed by atoms with E-state index in [0.717, 1.165) is 37.0 Å². The van der Waals surface area contributed by atoms with Gasteiger partial charge >= 0.3 is 0 Å². The summed E-state index contributed by atoms with van der Waals surface area (Å²) in [4.78, 5) is 8.90. The van der Waals surface area contributed by atoms with Crippen molar-refractivity contribution in [2.75, 3.05) is 17.2 Å². The van der Waals surface area contributed by atoms with Gasteiger partial charge < -0.3 is 10.6 Å². The Labute approximate surface area is 133 Å². The van der Waals surface area contributed by atoms with Gasteiger partial charge in [0.25, 0.3) is 0 Å². The molecule has 0 unspecified atom stereocenters. The Balaban J connectivity index is 1.99. The summed E-state index contributed by atoms with van der Waals surface area (Å²) in [6.07, 6.45) is 1.13. The van der Waals surface area contributed by atoms with E-state index in [2.05, 4.69) is 65.6 Å². The lowest BCUT2D eigenvalue weighted by Crippen LogP contribution is -2.09. The van der Waals surface area contributed by atoms with Gasteiger partial charge in [0.05, 0.1) is 0 Å². The summed E-state index contributed by atoms with van der Waals surface area (Å²) >= 11 is 0. The van der Waals surface area contributed by atoms with E-state index in [1.807, 2.05) is 13.0 Å². The van der Waals surface area contributed by atoms with Gasteiger partial charge in [-0.25, -0.2) is 9.97 Å². The largest absolute Gasteiger partial charge is 0.370 e. The second kappa shape index (κ2) is 7.78. The van der Waals surface area contributed by atoms with Gasteiger partial charge in [0.15, 0.2) is 0 Å². The average molecular weight is 298 g/mol. The molecule has 0 radical (unpaired) electrons. The van der Waals surface area contributed by atoms with Crippen molar-refractivity contribution in [2.24, 2.45) is 5.92 Å². The Bertz CT molecular complexity index is 608. The molecule has 1 heterocycles. The molecule has 118 valence electrons. The lowest BCUT2D eigenvalue weighted by Gasteiger charge is -2.12. The van der Waals surface area contributed by atoms with Gasteiger partial charge in [0.2, 0.25) is 0 Å². The normalized spacial score (nSPS) is 10.8. The third-order valence-corrected chi connectivity index (χ3v) is 3.59. The second-order valence-corrected chi connectivity index (χ2v) is 6.07. The molecule has 0 amide bonds. The number of aromatic nitrogens is 2. The molecule has 0 fully saturated rings. The van der Waals surface area contributed by atoms with Crippen molar-refractivity contribution in [2.45, 2.75) is 40.7 Å². The predicted octanol–water partition coefficient (Wildman–Crippen LogP) is 4.16. The number of aryl methyl sites for hydroxylation is 2. The maximum absolute atomic E-state index is 4.46. The maximum atomic E-state index is 4.46. The number of rotatable bonds is 7. The second-order valence-electron chi connectivity index (χ2n) is 6.07. The first-order valence-corrected chi connectivity index (χ1v) is 7.92. The number of hydrogen-bond donors (Lipinski definition) is 2. The van der Waals surface area contributed by atoms with Crippen molar-refractivity contribution in [3.05, 3.63) is 47.3 Å². The minimum absolute atomic E-state index is 0.689. The molecule has 0 saturated carbocycles. The Morgan fingerprint density at radius 1 is 1.00 bits per heavy atom. The molecular weight excluding hydrogens is 272 g/mol. The highest BCUT2D eigenvalue weighted by Gasteiger charge is 2.03. The summed E-state index contributed by atoms with van der Waals surface area (Å²) in [6, 6.07) is 10.4. The highest BCUT2D eigenvalue weighted by atomic mass is 15.1. The number of hydrogen-bond acceptors (Lipinski definition) is 4.